The maximum atomic E-state index is 14.0. The largest absolute Gasteiger partial charge is 0.503 e. The molecule has 0 saturated heterocycles. The lowest BCUT2D eigenvalue weighted by Gasteiger charge is -2.25. The molecule has 0 saturated carbocycles. The van der Waals surface area contributed by atoms with Gasteiger partial charge in [-0.3, -0.25) is 14.5 Å². The highest BCUT2D eigenvalue weighted by Crippen LogP contribution is 2.48. The molecule has 1 aliphatic heterocycles. The summed E-state index contributed by atoms with van der Waals surface area (Å²) < 4.78 is 17.5. The third-order valence-electron chi connectivity index (χ3n) is 6.59. The lowest BCUT2D eigenvalue weighted by Crippen LogP contribution is -2.31. The van der Waals surface area contributed by atoms with Gasteiger partial charge in [-0.2, -0.15) is 0 Å². The number of methoxy groups -OCH3 is 3. The van der Waals surface area contributed by atoms with Crippen molar-refractivity contribution in [2.75, 3.05) is 26.2 Å². The number of rotatable bonds is 7. The van der Waals surface area contributed by atoms with E-state index in [0.29, 0.717) is 43.5 Å². The van der Waals surface area contributed by atoms with E-state index in [1.807, 2.05) is 26.0 Å². The highest BCUT2D eigenvalue weighted by Gasteiger charge is 2.47. The van der Waals surface area contributed by atoms with Gasteiger partial charge in [0.1, 0.15) is 0 Å². The average Bonchev–Trinajstić information content (AvgIpc) is 3.55. The van der Waals surface area contributed by atoms with Gasteiger partial charge in [-0.25, -0.2) is 9.97 Å². The normalized spacial score (nSPS) is 15.4. The van der Waals surface area contributed by atoms with E-state index in [0.717, 1.165) is 21.3 Å². The minimum absolute atomic E-state index is 0.0619. The average molecular weight is 566 g/mol. The van der Waals surface area contributed by atoms with Gasteiger partial charge >= 0.3 is 0 Å². The molecule has 2 aromatic carbocycles. The zero-order valence-electron chi connectivity index (χ0n) is 22.5. The second-order valence-electron chi connectivity index (χ2n) is 9.20. The number of fused-ring (bicyclic) bond motifs is 1. The van der Waals surface area contributed by atoms with E-state index in [1.54, 1.807) is 26.0 Å². The van der Waals surface area contributed by atoms with Crippen molar-refractivity contribution in [2.24, 2.45) is 0 Å². The first-order valence-electron chi connectivity index (χ1n) is 12.0. The fraction of sp³-hybridized carbons (Fsp3) is 0.286. The fourth-order valence-electron chi connectivity index (χ4n) is 4.94. The van der Waals surface area contributed by atoms with E-state index in [4.69, 9.17) is 19.2 Å². The van der Waals surface area contributed by atoms with Crippen molar-refractivity contribution >= 4 is 49.7 Å². The number of hydrogen-bond acceptors (Lipinski definition) is 10. The van der Waals surface area contributed by atoms with Gasteiger partial charge in [-0.05, 0) is 62.6 Å². The number of ketones is 1. The van der Waals surface area contributed by atoms with Crippen molar-refractivity contribution in [1.82, 2.24) is 9.97 Å². The van der Waals surface area contributed by atoms with E-state index >= 15 is 0 Å². The van der Waals surface area contributed by atoms with Crippen molar-refractivity contribution in [3.8, 4) is 17.2 Å². The molecule has 9 nitrogen and oxygen atoms in total. The first-order valence-corrected chi connectivity index (χ1v) is 13.7. The first-order chi connectivity index (χ1) is 18.6. The standard InChI is InChI=1S/C28H27N3O6S2/c1-12-8-13(2)21-19(9-12)39-28(30-21)31-22(16-10-17(35-5)25(37-7)18(11-16)36-6)20(24(33)27(31)34)23(32)26-14(3)29-15(4)38-26/h8-11,22,33H,1-7H3. The molecule has 0 aliphatic carbocycles. The number of aromatic nitrogens is 2. The van der Waals surface area contributed by atoms with Crippen LogP contribution in [0.3, 0.4) is 0 Å². The van der Waals surface area contributed by atoms with Gasteiger partial charge < -0.3 is 19.3 Å². The molecule has 1 atom stereocenters. The van der Waals surface area contributed by atoms with Crippen LogP contribution in [0.2, 0.25) is 0 Å². The van der Waals surface area contributed by atoms with Gasteiger partial charge in [-0.1, -0.05) is 17.4 Å². The van der Waals surface area contributed by atoms with Gasteiger partial charge in [0.25, 0.3) is 5.91 Å². The van der Waals surface area contributed by atoms with E-state index in [1.165, 1.54) is 48.9 Å². The molecule has 1 N–H and O–H groups in total. The zero-order valence-corrected chi connectivity index (χ0v) is 24.2. The smallest absolute Gasteiger partial charge is 0.296 e. The van der Waals surface area contributed by atoms with Crippen LogP contribution in [0.25, 0.3) is 10.2 Å². The number of Topliss-reactive ketones (excluding diaryl/α,β-unsaturated/α-hetero) is 1. The van der Waals surface area contributed by atoms with Crippen LogP contribution in [0.15, 0.2) is 35.6 Å². The number of ether oxygens (including phenoxy) is 3. The molecule has 3 heterocycles. The van der Waals surface area contributed by atoms with Crippen LogP contribution >= 0.6 is 22.7 Å². The number of aliphatic hydroxyl groups is 1. The summed E-state index contributed by atoms with van der Waals surface area (Å²) in [5.41, 5.74) is 3.74. The summed E-state index contributed by atoms with van der Waals surface area (Å²) in [7, 11) is 4.47. The number of benzene rings is 2. The Labute approximate surface area is 233 Å². The van der Waals surface area contributed by atoms with Crippen LogP contribution in [-0.4, -0.2) is 48.1 Å². The number of amides is 1. The lowest BCUT2D eigenvalue weighted by molar-refractivity contribution is -0.117. The van der Waals surface area contributed by atoms with Crippen molar-refractivity contribution in [2.45, 2.75) is 33.7 Å². The van der Waals surface area contributed by atoms with E-state index < -0.39 is 23.5 Å². The fourth-order valence-corrected chi connectivity index (χ4v) is 6.98. The molecule has 1 aliphatic rings. The maximum Gasteiger partial charge on any atom is 0.296 e. The number of carbonyl (C=O) groups is 2. The number of anilines is 1. The molecule has 2 aromatic heterocycles. The highest BCUT2D eigenvalue weighted by molar-refractivity contribution is 7.22. The van der Waals surface area contributed by atoms with Crippen LogP contribution in [0.4, 0.5) is 5.13 Å². The number of aryl methyl sites for hydroxylation is 4. The second-order valence-corrected chi connectivity index (χ2v) is 11.4. The molecule has 39 heavy (non-hydrogen) atoms. The molecule has 0 fully saturated rings. The zero-order chi connectivity index (χ0) is 28.2. The molecule has 4 aromatic rings. The Balaban J connectivity index is 1.76. The third-order valence-corrected chi connectivity index (χ3v) is 8.66. The Hall–Kier alpha value is -3.96. The summed E-state index contributed by atoms with van der Waals surface area (Å²) in [4.78, 5) is 38.6. The predicted molar refractivity (Wildman–Crippen MR) is 151 cm³/mol. The Kier molecular flexibility index (Phi) is 6.81. The van der Waals surface area contributed by atoms with Crippen LogP contribution in [-0.2, 0) is 4.79 Å². The summed E-state index contributed by atoms with van der Waals surface area (Å²) >= 11 is 2.54. The van der Waals surface area contributed by atoms with Crippen molar-refractivity contribution in [1.29, 1.82) is 0 Å². The van der Waals surface area contributed by atoms with Gasteiger partial charge in [0.15, 0.2) is 22.4 Å². The highest BCUT2D eigenvalue weighted by atomic mass is 32.1. The molecule has 1 amide bonds. The summed E-state index contributed by atoms with van der Waals surface area (Å²) in [6.07, 6.45) is 0. The Morgan fingerprint density at radius 1 is 0.949 bits per heavy atom. The topological polar surface area (TPSA) is 111 Å². The summed E-state index contributed by atoms with van der Waals surface area (Å²) in [6.45, 7) is 7.49. The minimum atomic E-state index is -1.01. The summed E-state index contributed by atoms with van der Waals surface area (Å²) in [5, 5.41) is 12.3. The van der Waals surface area contributed by atoms with Crippen LogP contribution in [0.1, 0.15) is 43.1 Å². The first kappa shape index (κ1) is 26.6. The number of thiazole rings is 2. The molecule has 11 heteroatoms. The van der Waals surface area contributed by atoms with Crippen LogP contribution in [0.5, 0.6) is 17.2 Å². The van der Waals surface area contributed by atoms with E-state index in [2.05, 4.69) is 4.98 Å². The lowest BCUT2D eigenvalue weighted by atomic mass is 9.94. The third kappa shape index (κ3) is 4.31. The number of aliphatic hydroxyl groups excluding tert-OH is 1. The van der Waals surface area contributed by atoms with Gasteiger partial charge in [0, 0.05) is 0 Å². The minimum Gasteiger partial charge on any atom is -0.503 e. The molecular formula is C28H27N3O6S2. The van der Waals surface area contributed by atoms with Crippen molar-refractivity contribution in [3.63, 3.8) is 0 Å². The molecule has 1 unspecified atom stereocenters. The summed E-state index contributed by atoms with van der Waals surface area (Å²) in [6, 6.07) is 6.36. The van der Waals surface area contributed by atoms with Gasteiger partial charge in [0.2, 0.25) is 11.5 Å². The van der Waals surface area contributed by atoms with Crippen molar-refractivity contribution < 1.29 is 28.9 Å². The van der Waals surface area contributed by atoms with Crippen LogP contribution < -0.4 is 19.1 Å². The Morgan fingerprint density at radius 3 is 2.18 bits per heavy atom. The number of nitrogens with zero attached hydrogens (tertiary/aromatic N) is 3. The molecule has 0 bridgehead atoms. The molecule has 0 radical (unpaired) electrons. The predicted octanol–water partition coefficient (Wildman–Crippen LogP) is 5.80. The van der Waals surface area contributed by atoms with E-state index in [9.17, 15) is 14.7 Å². The van der Waals surface area contributed by atoms with Gasteiger partial charge in [0.05, 0.1) is 58.7 Å². The Bertz CT molecular complexity index is 1660. The molecule has 0 spiro atoms. The molecule has 202 valence electrons. The van der Waals surface area contributed by atoms with E-state index in [-0.39, 0.29) is 5.57 Å². The number of carbonyl (C=O) groups excluding carboxylic acids is 2. The molecular weight excluding hydrogens is 538 g/mol. The number of hydrogen-bond donors (Lipinski definition) is 1. The molecule has 5 rings (SSSR count). The van der Waals surface area contributed by atoms with Gasteiger partial charge in [-0.15, -0.1) is 11.3 Å². The monoisotopic (exact) mass is 565 g/mol. The van der Waals surface area contributed by atoms with Crippen molar-refractivity contribution in [3.05, 3.63) is 67.9 Å². The summed E-state index contributed by atoms with van der Waals surface area (Å²) in [5.74, 6) is -0.768. The quantitative estimate of drug-likeness (QED) is 0.280. The van der Waals surface area contributed by atoms with Crippen LogP contribution in [0, 0.1) is 27.7 Å². The SMILES string of the molecule is COc1cc(C2C(C(=O)c3sc(C)nc3C)=C(O)C(=O)N2c2nc3c(C)cc(C)cc3s2)cc(OC)c1OC. The second kappa shape index (κ2) is 9.97. The maximum absolute atomic E-state index is 14.0. The Morgan fingerprint density at radius 2 is 1.62 bits per heavy atom.